The second-order valence-electron chi connectivity index (χ2n) is 5.58. The van der Waals surface area contributed by atoms with Crippen LogP contribution in [0.1, 0.15) is 19.4 Å². The molecular weight excluding hydrogens is 236 g/mol. The zero-order valence-corrected chi connectivity index (χ0v) is 11.4. The van der Waals surface area contributed by atoms with Crippen LogP contribution < -0.4 is 11.1 Å². The second kappa shape index (κ2) is 5.41. The molecule has 0 heterocycles. The van der Waals surface area contributed by atoms with Gasteiger partial charge in [-0.15, -0.1) is 0 Å². The van der Waals surface area contributed by atoms with Gasteiger partial charge in [0.15, 0.2) is 0 Å². The minimum absolute atomic E-state index is 0.00915. The van der Waals surface area contributed by atoms with Crippen LogP contribution in [0, 0.1) is 0 Å². The van der Waals surface area contributed by atoms with Crippen molar-refractivity contribution in [3.63, 3.8) is 0 Å². The van der Waals surface area contributed by atoms with Gasteiger partial charge in [0, 0.05) is 12.1 Å². The van der Waals surface area contributed by atoms with Crippen LogP contribution in [0.4, 0.5) is 0 Å². The fourth-order valence-electron chi connectivity index (χ4n) is 2.01. The summed E-state index contributed by atoms with van der Waals surface area (Å²) < 4.78 is 0. The lowest BCUT2D eigenvalue weighted by Gasteiger charge is -2.19. The minimum atomic E-state index is -0.381. The first-order valence-electron chi connectivity index (χ1n) is 6.48. The van der Waals surface area contributed by atoms with Crippen LogP contribution >= 0.6 is 0 Å². The normalized spacial score (nSPS) is 11.5. The maximum atomic E-state index is 11.9. The molecule has 0 saturated heterocycles. The highest BCUT2D eigenvalue weighted by molar-refractivity contribution is 5.90. The fraction of sp³-hybridized carbons (Fsp3) is 0.312. The molecule has 3 N–H and O–H groups in total. The van der Waals surface area contributed by atoms with Crippen molar-refractivity contribution < 1.29 is 4.79 Å². The molecule has 100 valence electrons. The van der Waals surface area contributed by atoms with Crippen LogP contribution in [0.5, 0.6) is 0 Å². The van der Waals surface area contributed by atoms with Gasteiger partial charge in [-0.1, -0.05) is 42.5 Å². The van der Waals surface area contributed by atoms with E-state index in [-0.39, 0.29) is 11.4 Å². The minimum Gasteiger partial charge on any atom is -0.354 e. The monoisotopic (exact) mass is 256 g/mol. The van der Waals surface area contributed by atoms with E-state index in [9.17, 15) is 4.79 Å². The molecule has 1 amide bonds. The van der Waals surface area contributed by atoms with Crippen molar-refractivity contribution in [3.05, 3.63) is 48.0 Å². The average molecular weight is 256 g/mol. The number of amides is 1. The first-order valence-corrected chi connectivity index (χ1v) is 6.48. The molecule has 2 aromatic carbocycles. The van der Waals surface area contributed by atoms with E-state index in [1.807, 2.05) is 44.2 Å². The number of nitrogens with one attached hydrogen (secondary N) is 1. The van der Waals surface area contributed by atoms with E-state index in [1.54, 1.807) is 0 Å². The van der Waals surface area contributed by atoms with Gasteiger partial charge in [0.2, 0.25) is 5.91 Å². The summed E-state index contributed by atoms with van der Waals surface area (Å²) in [5, 5.41) is 5.16. The zero-order chi connectivity index (χ0) is 13.9. The molecule has 19 heavy (non-hydrogen) atoms. The Morgan fingerprint density at radius 3 is 2.58 bits per heavy atom. The van der Waals surface area contributed by atoms with Gasteiger partial charge in [-0.2, -0.15) is 0 Å². The van der Waals surface area contributed by atoms with E-state index in [4.69, 9.17) is 5.73 Å². The van der Waals surface area contributed by atoms with E-state index >= 15 is 0 Å². The van der Waals surface area contributed by atoms with Gasteiger partial charge in [0.05, 0.1) is 6.42 Å². The molecule has 0 radical (unpaired) electrons. The summed E-state index contributed by atoms with van der Waals surface area (Å²) in [5.74, 6) is 0.00915. The molecule has 0 spiro atoms. The largest absolute Gasteiger partial charge is 0.354 e. The number of fused-ring (bicyclic) bond motifs is 1. The number of hydrogen-bond donors (Lipinski definition) is 2. The number of carbonyl (C=O) groups excluding carboxylic acids is 1. The van der Waals surface area contributed by atoms with Gasteiger partial charge in [-0.05, 0) is 30.2 Å². The highest BCUT2D eigenvalue weighted by Crippen LogP contribution is 2.18. The molecule has 0 aliphatic rings. The van der Waals surface area contributed by atoms with Crippen molar-refractivity contribution >= 4 is 16.7 Å². The molecule has 3 heteroatoms. The Kier molecular flexibility index (Phi) is 3.86. The highest BCUT2D eigenvalue weighted by atomic mass is 16.1. The summed E-state index contributed by atoms with van der Waals surface area (Å²) in [6.07, 6.45) is 0.386. The van der Waals surface area contributed by atoms with Crippen LogP contribution in [0.3, 0.4) is 0 Å². The number of rotatable bonds is 4. The molecule has 0 saturated carbocycles. The Labute approximate surface area is 113 Å². The van der Waals surface area contributed by atoms with E-state index in [0.717, 1.165) is 16.3 Å². The number of nitrogens with two attached hydrogens (primary N) is 1. The molecule has 0 unspecified atom stereocenters. The lowest BCUT2D eigenvalue weighted by Crippen LogP contribution is -2.45. The maximum absolute atomic E-state index is 11.9. The first kappa shape index (κ1) is 13.6. The summed E-state index contributed by atoms with van der Waals surface area (Å²) in [7, 11) is 0. The van der Waals surface area contributed by atoms with Gasteiger partial charge in [0.25, 0.3) is 0 Å². The molecule has 2 aromatic rings. The van der Waals surface area contributed by atoms with Crippen molar-refractivity contribution in [2.45, 2.75) is 25.8 Å². The van der Waals surface area contributed by atoms with Gasteiger partial charge in [-0.3, -0.25) is 4.79 Å². The Hall–Kier alpha value is -1.87. The van der Waals surface area contributed by atoms with Gasteiger partial charge < -0.3 is 11.1 Å². The molecule has 0 atom stereocenters. The van der Waals surface area contributed by atoms with E-state index in [1.165, 1.54) is 0 Å². The topological polar surface area (TPSA) is 55.1 Å². The Morgan fingerprint density at radius 2 is 1.84 bits per heavy atom. The van der Waals surface area contributed by atoms with Crippen LogP contribution in [0.2, 0.25) is 0 Å². The average Bonchev–Trinajstić information content (AvgIpc) is 2.36. The summed E-state index contributed by atoms with van der Waals surface area (Å²) in [5.41, 5.74) is 6.52. The van der Waals surface area contributed by atoms with Crippen molar-refractivity contribution in [2.24, 2.45) is 5.73 Å². The predicted molar refractivity (Wildman–Crippen MR) is 78.9 cm³/mol. The number of benzene rings is 2. The van der Waals surface area contributed by atoms with Crippen LogP contribution in [-0.2, 0) is 11.2 Å². The summed E-state index contributed by atoms with van der Waals surface area (Å²) in [6.45, 7) is 4.27. The van der Waals surface area contributed by atoms with Crippen LogP contribution in [0.25, 0.3) is 10.8 Å². The standard InChI is InChI=1S/C16H20N2O/c1-16(2,17)11-18-15(19)10-13-8-5-7-12-6-3-4-9-14(12)13/h3-9H,10-11,17H2,1-2H3,(H,18,19). The lowest BCUT2D eigenvalue weighted by molar-refractivity contribution is -0.120. The van der Waals surface area contributed by atoms with Crippen molar-refractivity contribution in [1.82, 2.24) is 5.32 Å². The molecule has 0 aliphatic heterocycles. The van der Waals surface area contributed by atoms with Crippen molar-refractivity contribution in [1.29, 1.82) is 0 Å². The van der Waals surface area contributed by atoms with Gasteiger partial charge >= 0.3 is 0 Å². The summed E-state index contributed by atoms with van der Waals surface area (Å²) >= 11 is 0. The predicted octanol–water partition coefficient (Wildman–Crippen LogP) is 2.24. The van der Waals surface area contributed by atoms with E-state index in [0.29, 0.717) is 13.0 Å². The van der Waals surface area contributed by atoms with Crippen molar-refractivity contribution in [3.8, 4) is 0 Å². The number of hydrogen-bond acceptors (Lipinski definition) is 2. The number of carbonyl (C=O) groups is 1. The third-order valence-corrected chi connectivity index (χ3v) is 2.97. The van der Waals surface area contributed by atoms with Crippen molar-refractivity contribution in [2.75, 3.05) is 6.54 Å². The van der Waals surface area contributed by atoms with E-state index in [2.05, 4.69) is 17.4 Å². The fourth-order valence-corrected chi connectivity index (χ4v) is 2.01. The lowest BCUT2D eigenvalue weighted by atomic mass is 10.0. The van der Waals surface area contributed by atoms with Gasteiger partial charge in [-0.25, -0.2) is 0 Å². The van der Waals surface area contributed by atoms with Crippen LogP contribution in [0.15, 0.2) is 42.5 Å². The molecule has 3 nitrogen and oxygen atoms in total. The summed E-state index contributed by atoms with van der Waals surface area (Å²) in [4.78, 5) is 11.9. The zero-order valence-electron chi connectivity index (χ0n) is 11.4. The van der Waals surface area contributed by atoms with Crippen LogP contribution in [-0.4, -0.2) is 18.0 Å². The summed E-state index contributed by atoms with van der Waals surface area (Å²) in [6, 6.07) is 14.1. The third-order valence-electron chi connectivity index (χ3n) is 2.97. The quantitative estimate of drug-likeness (QED) is 0.881. The molecule has 0 fully saturated rings. The third kappa shape index (κ3) is 3.80. The second-order valence-corrected chi connectivity index (χ2v) is 5.58. The first-order chi connectivity index (χ1) is 8.96. The van der Waals surface area contributed by atoms with Gasteiger partial charge in [0.1, 0.15) is 0 Å². The molecule has 0 aliphatic carbocycles. The smallest absolute Gasteiger partial charge is 0.224 e. The molecule has 0 aromatic heterocycles. The highest BCUT2D eigenvalue weighted by Gasteiger charge is 2.13. The Balaban J connectivity index is 2.11. The molecule has 0 bridgehead atoms. The SMILES string of the molecule is CC(C)(N)CNC(=O)Cc1cccc2ccccc12. The Morgan fingerprint density at radius 1 is 1.16 bits per heavy atom. The van der Waals surface area contributed by atoms with E-state index < -0.39 is 0 Å². The molecule has 2 rings (SSSR count). The Bertz CT molecular complexity index is 579. The molecular formula is C16H20N2O. The maximum Gasteiger partial charge on any atom is 0.224 e.